The number of methoxy groups -OCH3 is 3. The highest BCUT2D eigenvalue weighted by atomic mass is 32.2. The molecule has 0 atom stereocenters. The third-order valence-electron chi connectivity index (χ3n) is 8.24. The van der Waals surface area contributed by atoms with Gasteiger partial charge in [0.05, 0.1) is 26.2 Å². The molecule has 0 radical (unpaired) electrons. The number of nitrogens with zero attached hydrogens (tertiary/aromatic N) is 4. The van der Waals surface area contributed by atoms with Gasteiger partial charge in [-0.25, -0.2) is 8.42 Å². The summed E-state index contributed by atoms with van der Waals surface area (Å²) in [5, 5.41) is 1.51. The van der Waals surface area contributed by atoms with Crippen LogP contribution in [-0.4, -0.2) is 88.1 Å². The van der Waals surface area contributed by atoms with E-state index in [1.165, 1.54) is 0 Å². The summed E-state index contributed by atoms with van der Waals surface area (Å²) >= 11 is 0. The first-order valence-electron chi connectivity index (χ1n) is 15.0. The number of sulfonamides is 1. The van der Waals surface area contributed by atoms with Gasteiger partial charge in [-0.05, 0) is 43.1 Å². The van der Waals surface area contributed by atoms with Gasteiger partial charge in [-0.15, -0.1) is 0 Å². The van der Waals surface area contributed by atoms with Crippen molar-refractivity contribution in [3.63, 3.8) is 0 Å². The first-order chi connectivity index (χ1) is 21.4. The number of unbranched alkanes of at least 4 members (excludes halogenated alkanes) is 1. The van der Waals surface area contributed by atoms with E-state index < -0.39 is 10.0 Å². The Morgan fingerprint density at radius 2 is 1.55 bits per heavy atom. The molecule has 4 aromatic rings. The SMILES string of the molecule is COc1ccc(CN2CCN(CCCCN(Cc3ccccc3)S(=O)(=O)c3cccc4cnccc34)CC2)c(OC)c1OC. The quantitative estimate of drug-likeness (QED) is 0.182. The average molecular weight is 619 g/mol. The van der Waals surface area contributed by atoms with Gasteiger partial charge in [0.2, 0.25) is 15.8 Å². The van der Waals surface area contributed by atoms with Crippen LogP contribution >= 0.6 is 0 Å². The molecule has 9 nitrogen and oxygen atoms in total. The zero-order chi connectivity index (χ0) is 30.9. The lowest BCUT2D eigenvalue weighted by atomic mass is 10.1. The lowest BCUT2D eigenvalue weighted by Crippen LogP contribution is -2.46. The number of rotatable bonds is 14. The van der Waals surface area contributed by atoms with E-state index in [4.69, 9.17) is 14.2 Å². The van der Waals surface area contributed by atoms with E-state index in [-0.39, 0.29) is 0 Å². The Labute approximate surface area is 261 Å². The Bertz CT molecular complexity index is 1620. The monoisotopic (exact) mass is 618 g/mol. The van der Waals surface area contributed by atoms with Crippen LogP contribution in [0.5, 0.6) is 17.2 Å². The van der Waals surface area contributed by atoms with E-state index in [0.717, 1.165) is 68.6 Å². The summed E-state index contributed by atoms with van der Waals surface area (Å²) in [6, 6.07) is 20.9. The number of hydrogen-bond donors (Lipinski definition) is 0. The molecule has 1 aromatic heterocycles. The summed E-state index contributed by atoms with van der Waals surface area (Å²) in [4.78, 5) is 9.39. The predicted octanol–water partition coefficient (Wildman–Crippen LogP) is 5.05. The van der Waals surface area contributed by atoms with Crippen molar-refractivity contribution in [2.45, 2.75) is 30.8 Å². The van der Waals surface area contributed by atoms with E-state index >= 15 is 0 Å². The van der Waals surface area contributed by atoms with Crippen molar-refractivity contribution in [3.8, 4) is 17.2 Å². The van der Waals surface area contributed by atoms with E-state index in [2.05, 4.69) is 14.8 Å². The van der Waals surface area contributed by atoms with Crippen LogP contribution in [-0.2, 0) is 23.1 Å². The van der Waals surface area contributed by atoms with E-state index in [9.17, 15) is 8.42 Å². The molecule has 3 aromatic carbocycles. The number of hydrogen-bond acceptors (Lipinski definition) is 8. The molecular formula is C34H42N4O5S. The molecule has 0 N–H and O–H groups in total. The van der Waals surface area contributed by atoms with Gasteiger partial charge >= 0.3 is 0 Å². The second-order valence-electron chi connectivity index (χ2n) is 11.0. The van der Waals surface area contributed by atoms with Crippen LogP contribution in [0.15, 0.2) is 84.0 Å². The molecule has 1 aliphatic rings. The van der Waals surface area contributed by atoms with E-state index in [1.54, 1.807) is 56.2 Å². The Balaban J connectivity index is 1.18. The van der Waals surface area contributed by atoms with Gasteiger partial charge in [0, 0.05) is 74.5 Å². The number of fused-ring (bicyclic) bond motifs is 1. The maximum atomic E-state index is 14.0. The van der Waals surface area contributed by atoms with Crippen molar-refractivity contribution in [3.05, 3.63) is 90.3 Å². The molecule has 5 rings (SSSR count). The molecule has 0 saturated carbocycles. The summed E-state index contributed by atoms with van der Waals surface area (Å²) in [6.07, 6.45) is 5.05. The minimum Gasteiger partial charge on any atom is -0.493 e. The molecule has 1 aliphatic heterocycles. The highest BCUT2D eigenvalue weighted by Gasteiger charge is 2.27. The average Bonchev–Trinajstić information content (AvgIpc) is 3.06. The number of aromatic nitrogens is 1. The van der Waals surface area contributed by atoms with Crippen LogP contribution < -0.4 is 14.2 Å². The molecule has 10 heteroatoms. The molecular weight excluding hydrogens is 576 g/mol. The smallest absolute Gasteiger partial charge is 0.243 e. The molecule has 1 saturated heterocycles. The van der Waals surface area contributed by atoms with Gasteiger partial charge in [-0.3, -0.25) is 9.88 Å². The van der Waals surface area contributed by atoms with Crippen LogP contribution in [0.25, 0.3) is 10.8 Å². The van der Waals surface area contributed by atoms with Crippen molar-refractivity contribution in [1.82, 2.24) is 19.1 Å². The molecule has 234 valence electrons. The fourth-order valence-electron chi connectivity index (χ4n) is 5.85. The lowest BCUT2D eigenvalue weighted by Gasteiger charge is -2.35. The number of pyridine rings is 1. The van der Waals surface area contributed by atoms with Gasteiger partial charge < -0.3 is 19.1 Å². The third-order valence-corrected chi connectivity index (χ3v) is 10.1. The van der Waals surface area contributed by atoms with Crippen molar-refractivity contribution in [1.29, 1.82) is 0 Å². The molecule has 44 heavy (non-hydrogen) atoms. The highest BCUT2D eigenvalue weighted by Crippen LogP contribution is 2.40. The van der Waals surface area contributed by atoms with Crippen LogP contribution in [0.4, 0.5) is 0 Å². The maximum Gasteiger partial charge on any atom is 0.243 e. The molecule has 0 unspecified atom stereocenters. The van der Waals surface area contributed by atoms with Crippen LogP contribution in [0.3, 0.4) is 0 Å². The summed E-state index contributed by atoms with van der Waals surface area (Å²) in [6.45, 7) is 6.32. The fourth-order valence-corrected chi connectivity index (χ4v) is 7.53. The predicted molar refractivity (Wildman–Crippen MR) is 173 cm³/mol. The van der Waals surface area contributed by atoms with Crippen molar-refractivity contribution in [2.24, 2.45) is 0 Å². The molecule has 0 spiro atoms. The normalized spacial score (nSPS) is 14.6. The second kappa shape index (κ2) is 14.9. The number of ether oxygens (including phenoxy) is 3. The number of benzene rings is 3. The Kier molecular flexibility index (Phi) is 10.7. The second-order valence-corrected chi connectivity index (χ2v) is 12.9. The van der Waals surface area contributed by atoms with Crippen LogP contribution in [0, 0.1) is 0 Å². The van der Waals surface area contributed by atoms with Gasteiger partial charge in [0.1, 0.15) is 0 Å². The van der Waals surface area contributed by atoms with Gasteiger partial charge in [-0.2, -0.15) is 4.31 Å². The van der Waals surface area contributed by atoms with Crippen molar-refractivity contribution >= 4 is 20.8 Å². The minimum absolute atomic E-state index is 0.329. The molecule has 0 amide bonds. The third kappa shape index (κ3) is 7.32. The summed E-state index contributed by atoms with van der Waals surface area (Å²) < 4.78 is 46.3. The fraction of sp³-hybridized carbons (Fsp3) is 0.382. The topological polar surface area (TPSA) is 84.4 Å². The van der Waals surface area contributed by atoms with Crippen LogP contribution in [0.2, 0.25) is 0 Å². The number of piperazine rings is 1. The van der Waals surface area contributed by atoms with Crippen molar-refractivity contribution in [2.75, 3.05) is 60.6 Å². The molecule has 2 heterocycles. The largest absolute Gasteiger partial charge is 0.493 e. The summed E-state index contributed by atoms with van der Waals surface area (Å²) in [5.74, 6) is 1.99. The maximum absolute atomic E-state index is 14.0. The first-order valence-corrected chi connectivity index (χ1v) is 16.5. The Morgan fingerprint density at radius 3 is 2.27 bits per heavy atom. The van der Waals surface area contributed by atoms with Crippen molar-refractivity contribution < 1.29 is 22.6 Å². The van der Waals surface area contributed by atoms with Gasteiger partial charge in [0.15, 0.2) is 11.5 Å². The Hall–Kier alpha value is -3.70. The summed E-state index contributed by atoms with van der Waals surface area (Å²) in [5.41, 5.74) is 2.04. The van der Waals surface area contributed by atoms with E-state index in [0.29, 0.717) is 40.6 Å². The van der Waals surface area contributed by atoms with Crippen LogP contribution in [0.1, 0.15) is 24.0 Å². The van der Waals surface area contributed by atoms with E-state index in [1.807, 2.05) is 48.5 Å². The zero-order valence-electron chi connectivity index (χ0n) is 25.8. The summed E-state index contributed by atoms with van der Waals surface area (Å²) in [7, 11) is 1.18. The first kappa shape index (κ1) is 31.7. The molecule has 0 aliphatic carbocycles. The molecule has 0 bridgehead atoms. The zero-order valence-corrected chi connectivity index (χ0v) is 26.6. The lowest BCUT2D eigenvalue weighted by molar-refractivity contribution is 0.124. The Morgan fingerprint density at radius 1 is 0.795 bits per heavy atom. The molecule has 1 fully saturated rings. The minimum atomic E-state index is -3.73. The standard InChI is InChI=1S/C34H42N4O5S/c1-41-31-15-14-29(33(42-2)34(31)43-3)26-37-22-20-36(21-23-37)18-7-8-19-38(25-27-10-5-4-6-11-27)44(39,40)32-13-9-12-28-24-35-17-16-30(28)32/h4-6,9-17,24H,7-8,18-23,25-26H2,1-3H3. The highest BCUT2D eigenvalue weighted by molar-refractivity contribution is 7.89. The van der Waals surface area contributed by atoms with Gasteiger partial charge in [0.25, 0.3) is 0 Å². The van der Waals surface area contributed by atoms with Gasteiger partial charge in [-0.1, -0.05) is 48.5 Å².